The zero-order valence-corrected chi connectivity index (χ0v) is 8.80. The average Bonchev–Trinajstić information content (AvgIpc) is 2.30. The van der Waals surface area contributed by atoms with Crippen LogP contribution in [0.25, 0.3) is 0 Å². The highest BCUT2D eigenvalue weighted by atomic mass is 17.1. The monoisotopic (exact) mass is 227 g/mol. The molecule has 1 aromatic carbocycles. The Balaban J connectivity index is 0.000000673. The Morgan fingerprint density at radius 2 is 1.88 bits per heavy atom. The molecule has 2 N–H and O–H groups in total. The number of hydrogen-bond donors (Lipinski definition) is 2. The van der Waals surface area contributed by atoms with Gasteiger partial charge in [-0.2, -0.15) is 9.59 Å². The summed E-state index contributed by atoms with van der Waals surface area (Å²) in [4.78, 5) is 20.2. The molecule has 0 aliphatic carbocycles. The Hall–Kier alpha value is -1.72. The molecule has 0 amide bonds. The zero-order valence-electron chi connectivity index (χ0n) is 8.80. The summed E-state index contributed by atoms with van der Waals surface area (Å²) >= 11 is 0. The maximum atomic E-state index is 8.19. The molecule has 0 saturated carbocycles. The van der Waals surface area contributed by atoms with Crippen LogP contribution in [0.1, 0.15) is 5.56 Å². The molecule has 0 fully saturated rings. The van der Waals surface area contributed by atoms with Crippen molar-refractivity contribution in [3.05, 3.63) is 29.8 Å². The van der Waals surface area contributed by atoms with Gasteiger partial charge >= 0.3 is 6.15 Å². The van der Waals surface area contributed by atoms with Crippen molar-refractivity contribution < 1.29 is 24.5 Å². The Kier molecular flexibility index (Phi) is 8.76. The van der Waals surface area contributed by atoms with E-state index in [1.54, 1.807) is 0 Å². The van der Waals surface area contributed by atoms with Gasteiger partial charge in [0.25, 0.3) is 0 Å². The molecule has 1 rings (SSSR count). The predicted octanol–water partition coefficient (Wildman–Crippen LogP) is 0.648. The molecule has 0 spiro atoms. The van der Waals surface area contributed by atoms with Crippen molar-refractivity contribution in [2.24, 2.45) is 0 Å². The van der Waals surface area contributed by atoms with Gasteiger partial charge in [0.15, 0.2) is 0 Å². The number of benzene rings is 1. The number of ether oxygens (including phenoxy) is 1. The van der Waals surface area contributed by atoms with Gasteiger partial charge in [0.2, 0.25) is 0 Å². The summed E-state index contributed by atoms with van der Waals surface area (Å²) in [5.41, 5.74) is 0.902. The van der Waals surface area contributed by atoms with E-state index in [0.29, 0.717) is 6.73 Å². The largest absolute Gasteiger partial charge is 0.478 e. The van der Waals surface area contributed by atoms with Gasteiger partial charge in [-0.25, -0.2) is 4.89 Å². The normalized spacial score (nSPS) is 8.62. The maximum absolute atomic E-state index is 8.19. The highest BCUT2D eigenvalue weighted by molar-refractivity contribution is 5.26. The molecular formula is C10H13NO5. The molecule has 0 bridgehead atoms. The van der Waals surface area contributed by atoms with E-state index in [9.17, 15) is 0 Å². The second-order valence-corrected chi connectivity index (χ2v) is 2.64. The molecule has 0 radical (unpaired) electrons. The summed E-state index contributed by atoms with van der Waals surface area (Å²) in [7, 11) is 1.81. The van der Waals surface area contributed by atoms with Crippen LogP contribution < -0.4 is 10.1 Å². The van der Waals surface area contributed by atoms with Crippen molar-refractivity contribution in [1.82, 2.24) is 5.32 Å². The molecule has 1 aromatic rings. The van der Waals surface area contributed by atoms with Crippen molar-refractivity contribution in [2.45, 2.75) is 6.61 Å². The van der Waals surface area contributed by atoms with E-state index in [0.717, 1.165) is 11.3 Å². The standard InChI is InChI=1S/C9H13NO3.CO2/c1-10-7-12-9-4-2-8(3-5-9)6-13-11;2-1-3/h2-5,10-11H,6-7H2,1H3;. The average molecular weight is 227 g/mol. The fourth-order valence-corrected chi connectivity index (χ4v) is 0.912. The summed E-state index contributed by atoms with van der Waals surface area (Å²) in [5, 5.41) is 11.1. The third kappa shape index (κ3) is 6.69. The first-order valence-electron chi connectivity index (χ1n) is 4.40. The minimum absolute atomic E-state index is 0.201. The van der Waals surface area contributed by atoms with E-state index in [2.05, 4.69) is 10.2 Å². The SMILES string of the molecule is CNCOc1ccc(COO)cc1.O=C=O. The first kappa shape index (κ1) is 14.3. The lowest BCUT2D eigenvalue weighted by Gasteiger charge is -2.05. The topological polar surface area (TPSA) is 84.9 Å². The maximum Gasteiger partial charge on any atom is 0.373 e. The van der Waals surface area contributed by atoms with E-state index in [1.165, 1.54) is 0 Å². The fraction of sp³-hybridized carbons (Fsp3) is 0.300. The van der Waals surface area contributed by atoms with E-state index in [-0.39, 0.29) is 12.8 Å². The minimum Gasteiger partial charge on any atom is -0.478 e. The van der Waals surface area contributed by atoms with Gasteiger partial charge in [0.05, 0.1) is 0 Å². The zero-order chi connectivity index (χ0) is 12.2. The van der Waals surface area contributed by atoms with Gasteiger partial charge in [-0.05, 0) is 24.7 Å². The molecule has 0 heterocycles. The summed E-state index contributed by atoms with van der Waals surface area (Å²) in [6.45, 7) is 0.683. The lowest BCUT2D eigenvalue weighted by atomic mass is 10.2. The van der Waals surface area contributed by atoms with Crippen molar-refractivity contribution >= 4 is 6.15 Å². The Labute approximate surface area is 92.7 Å². The van der Waals surface area contributed by atoms with Gasteiger partial charge in [0, 0.05) is 0 Å². The quantitative estimate of drug-likeness (QED) is 0.436. The first-order valence-corrected chi connectivity index (χ1v) is 4.40. The molecule has 6 heteroatoms. The van der Waals surface area contributed by atoms with Gasteiger partial charge < -0.3 is 4.74 Å². The smallest absolute Gasteiger partial charge is 0.373 e. The molecule has 16 heavy (non-hydrogen) atoms. The van der Waals surface area contributed by atoms with Crippen LogP contribution in [0.4, 0.5) is 0 Å². The van der Waals surface area contributed by atoms with Crippen LogP contribution >= 0.6 is 0 Å². The molecule has 6 nitrogen and oxygen atoms in total. The summed E-state index contributed by atoms with van der Waals surface area (Å²) in [5.74, 6) is 0.788. The minimum atomic E-state index is 0.201. The van der Waals surface area contributed by atoms with Crippen LogP contribution in [-0.4, -0.2) is 25.2 Å². The van der Waals surface area contributed by atoms with Crippen molar-refractivity contribution in [2.75, 3.05) is 13.8 Å². The predicted molar refractivity (Wildman–Crippen MR) is 53.4 cm³/mol. The molecule has 0 aliphatic heterocycles. The second kappa shape index (κ2) is 9.82. The Bertz CT molecular complexity index is 305. The van der Waals surface area contributed by atoms with Crippen molar-refractivity contribution in [3.8, 4) is 5.75 Å². The van der Waals surface area contributed by atoms with Crippen LogP contribution in [0, 0.1) is 0 Å². The molecule has 0 saturated heterocycles. The molecule has 0 unspecified atom stereocenters. The molecule has 0 aromatic heterocycles. The van der Waals surface area contributed by atoms with Crippen LogP contribution in [-0.2, 0) is 21.1 Å². The van der Waals surface area contributed by atoms with Gasteiger partial charge in [0.1, 0.15) is 19.1 Å². The number of carbonyl (C=O) groups excluding carboxylic acids is 2. The number of hydrogen-bond acceptors (Lipinski definition) is 6. The lowest BCUT2D eigenvalue weighted by Crippen LogP contribution is -2.13. The van der Waals surface area contributed by atoms with Crippen LogP contribution in [0.3, 0.4) is 0 Å². The van der Waals surface area contributed by atoms with Gasteiger partial charge in [-0.15, -0.1) is 0 Å². The molecule has 0 aliphatic rings. The third-order valence-corrected chi connectivity index (χ3v) is 1.54. The summed E-state index contributed by atoms with van der Waals surface area (Å²) in [6.07, 6.45) is 0.250. The van der Waals surface area contributed by atoms with E-state index in [4.69, 9.17) is 19.6 Å². The lowest BCUT2D eigenvalue weighted by molar-refractivity contribution is -0.253. The van der Waals surface area contributed by atoms with Crippen LogP contribution in [0.2, 0.25) is 0 Å². The summed E-state index contributed by atoms with van der Waals surface area (Å²) in [6, 6.07) is 7.32. The van der Waals surface area contributed by atoms with E-state index >= 15 is 0 Å². The summed E-state index contributed by atoms with van der Waals surface area (Å²) < 4.78 is 5.27. The van der Waals surface area contributed by atoms with Gasteiger partial charge in [-0.1, -0.05) is 12.1 Å². The third-order valence-electron chi connectivity index (χ3n) is 1.54. The first-order chi connectivity index (χ1) is 7.78. The van der Waals surface area contributed by atoms with Crippen LogP contribution in [0.5, 0.6) is 5.75 Å². The van der Waals surface area contributed by atoms with Crippen molar-refractivity contribution in [3.63, 3.8) is 0 Å². The highest BCUT2D eigenvalue weighted by Gasteiger charge is 1.94. The fourth-order valence-electron chi connectivity index (χ4n) is 0.912. The Morgan fingerprint density at radius 3 is 2.31 bits per heavy atom. The van der Waals surface area contributed by atoms with E-state index in [1.807, 2.05) is 31.3 Å². The second-order valence-electron chi connectivity index (χ2n) is 2.64. The highest BCUT2D eigenvalue weighted by Crippen LogP contribution is 2.11. The molecule has 0 atom stereocenters. The van der Waals surface area contributed by atoms with Crippen molar-refractivity contribution in [1.29, 1.82) is 0 Å². The number of nitrogens with one attached hydrogen (secondary N) is 1. The van der Waals surface area contributed by atoms with E-state index < -0.39 is 0 Å². The van der Waals surface area contributed by atoms with Crippen LogP contribution in [0.15, 0.2) is 24.3 Å². The Morgan fingerprint density at radius 1 is 1.31 bits per heavy atom. The molecular weight excluding hydrogens is 214 g/mol. The number of rotatable bonds is 5. The van der Waals surface area contributed by atoms with Gasteiger partial charge in [-0.3, -0.25) is 10.6 Å². The molecule has 88 valence electrons.